The molecule has 1 aliphatic heterocycles. The number of hydrogen-bond donors (Lipinski definition) is 0. The fourth-order valence-electron chi connectivity index (χ4n) is 1.09. The summed E-state index contributed by atoms with van der Waals surface area (Å²) >= 11 is 0. The fraction of sp³-hybridized carbons (Fsp3) is 0.875. The standard InChI is InChI=1S/C8H14O3/c9-5-3-7-11-8-4-1-2-6-10-8/h5,8H,1-4,6-7H2/i5+1. The second kappa shape index (κ2) is 5.27. The Bertz CT molecular complexity index is 108. The Morgan fingerprint density at radius 1 is 1.55 bits per heavy atom. The summed E-state index contributed by atoms with van der Waals surface area (Å²) in [5.74, 6) is 0. The van der Waals surface area contributed by atoms with Crippen LogP contribution in [-0.2, 0) is 14.3 Å². The summed E-state index contributed by atoms with van der Waals surface area (Å²) in [7, 11) is 0. The summed E-state index contributed by atoms with van der Waals surface area (Å²) in [6.45, 7) is 1.29. The van der Waals surface area contributed by atoms with E-state index in [1.54, 1.807) is 0 Å². The van der Waals surface area contributed by atoms with Crippen LogP contribution in [0.5, 0.6) is 0 Å². The van der Waals surface area contributed by atoms with Crippen molar-refractivity contribution in [2.24, 2.45) is 0 Å². The highest BCUT2D eigenvalue weighted by molar-refractivity contribution is 5.49. The molecule has 0 spiro atoms. The van der Waals surface area contributed by atoms with E-state index in [1.165, 1.54) is 6.42 Å². The molecule has 1 unspecified atom stereocenters. The van der Waals surface area contributed by atoms with E-state index >= 15 is 0 Å². The summed E-state index contributed by atoms with van der Waals surface area (Å²) in [5.41, 5.74) is 0. The number of hydrogen-bond acceptors (Lipinski definition) is 3. The van der Waals surface area contributed by atoms with Gasteiger partial charge >= 0.3 is 0 Å². The van der Waals surface area contributed by atoms with E-state index in [0.717, 1.165) is 25.7 Å². The molecule has 0 aromatic carbocycles. The summed E-state index contributed by atoms with van der Waals surface area (Å²) < 4.78 is 10.6. The second-order valence-electron chi connectivity index (χ2n) is 2.62. The maximum atomic E-state index is 9.93. The van der Waals surface area contributed by atoms with Gasteiger partial charge in [0.25, 0.3) is 0 Å². The third kappa shape index (κ3) is 3.49. The molecular formula is C8H14O3. The minimum Gasteiger partial charge on any atom is -0.353 e. The minimum atomic E-state index is -0.0521. The zero-order chi connectivity index (χ0) is 7.94. The van der Waals surface area contributed by atoms with Crippen LogP contribution in [0.2, 0.25) is 0 Å². The summed E-state index contributed by atoms with van der Waals surface area (Å²) in [4.78, 5) is 9.93. The molecule has 64 valence electrons. The first kappa shape index (κ1) is 8.68. The van der Waals surface area contributed by atoms with E-state index in [9.17, 15) is 4.79 Å². The first-order valence-corrected chi connectivity index (χ1v) is 4.10. The Morgan fingerprint density at radius 2 is 2.45 bits per heavy atom. The molecule has 0 N–H and O–H groups in total. The fourth-order valence-corrected chi connectivity index (χ4v) is 1.09. The van der Waals surface area contributed by atoms with Crippen LogP contribution < -0.4 is 0 Å². The molecule has 1 aliphatic rings. The van der Waals surface area contributed by atoms with Gasteiger partial charge in [0, 0.05) is 13.0 Å². The number of carbonyl (C=O) groups is 1. The van der Waals surface area contributed by atoms with E-state index in [0.29, 0.717) is 13.0 Å². The van der Waals surface area contributed by atoms with Crippen LogP contribution in [0.15, 0.2) is 0 Å². The molecule has 1 fully saturated rings. The molecule has 0 radical (unpaired) electrons. The van der Waals surface area contributed by atoms with Crippen LogP contribution in [0.25, 0.3) is 0 Å². The average molecular weight is 159 g/mol. The van der Waals surface area contributed by atoms with Crippen molar-refractivity contribution in [1.29, 1.82) is 0 Å². The molecule has 0 aliphatic carbocycles. The van der Waals surface area contributed by atoms with Gasteiger partial charge < -0.3 is 14.3 Å². The molecule has 0 amide bonds. The molecule has 0 aromatic rings. The minimum absolute atomic E-state index is 0.0521. The van der Waals surface area contributed by atoms with Gasteiger partial charge in [0.15, 0.2) is 6.29 Å². The Hall–Kier alpha value is -0.410. The molecule has 3 nitrogen and oxygen atoms in total. The van der Waals surface area contributed by atoms with E-state index in [1.807, 2.05) is 0 Å². The first-order chi connectivity index (χ1) is 5.43. The number of carbonyl (C=O) groups excluding carboxylic acids is 1. The molecule has 0 aromatic heterocycles. The summed E-state index contributed by atoms with van der Waals surface area (Å²) in [5, 5.41) is 0. The molecule has 1 atom stereocenters. The molecule has 1 heterocycles. The Balaban J connectivity index is 2.00. The van der Waals surface area contributed by atoms with Crippen molar-refractivity contribution < 1.29 is 14.3 Å². The van der Waals surface area contributed by atoms with Crippen molar-refractivity contribution >= 4 is 6.29 Å². The van der Waals surface area contributed by atoms with Gasteiger partial charge in [-0.1, -0.05) is 0 Å². The third-order valence-corrected chi connectivity index (χ3v) is 1.68. The smallest absolute Gasteiger partial charge is 0.157 e. The zero-order valence-electron chi connectivity index (χ0n) is 6.62. The monoisotopic (exact) mass is 159 g/mol. The summed E-state index contributed by atoms with van der Waals surface area (Å²) in [6.07, 6.45) is 4.56. The van der Waals surface area contributed by atoms with Gasteiger partial charge in [0.05, 0.1) is 6.61 Å². The van der Waals surface area contributed by atoms with Crippen LogP contribution in [0.4, 0.5) is 0 Å². The lowest BCUT2D eigenvalue weighted by Crippen LogP contribution is -2.22. The highest BCUT2D eigenvalue weighted by Gasteiger charge is 2.12. The lowest BCUT2D eigenvalue weighted by molar-refractivity contribution is -0.162. The van der Waals surface area contributed by atoms with Gasteiger partial charge in [0.1, 0.15) is 6.29 Å². The third-order valence-electron chi connectivity index (χ3n) is 1.68. The van der Waals surface area contributed by atoms with Gasteiger partial charge in [0.2, 0.25) is 0 Å². The van der Waals surface area contributed by atoms with Gasteiger partial charge in [-0.2, -0.15) is 0 Å². The van der Waals surface area contributed by atoms with Crippen molar-refractivity contribution in [3.8, 4) is 0 Å². The predicted molar refractivity (Wildman–Crippen MR) is 40.2 cm³/mol. The molecule has 1 saturated heterocycles. The average Bonchev–Trinajstić information content (AvgIpc) is 2.07. The Morgan fingerprint density at radius 3 is 3.09 bits per heavy atom. The van der Waals surface area contributed by atoms with Crippen LogP contribution in [0.1, 0.15) is 25.7 Å². The van der Waals surface area contributed by atoms with Crippen LogP contribution in [0, 0.1) is 0 Å². The van der Waals surface area contributed by atoms with E-state index < -0.39 is 0 Å². The number of rotatable bonds is 4. The molecule has 3 heteroatoms. The van der Waals surface area contributed by atoms with Crippen molar-refractivity contribution in [1.82, 2.24) is 0 Å². The van der Waals surface area contributed by atoms with Crippen molar-refractivity contribution in [2.75, 3.05) is 13.2 Å². The van der Waals surface area contributed by atoms with Crippen molar-refractivity contribution in [3.63, 3.8) is 0 Å². The molecule has 11 heavy (non-hydrogen) atoms. The summed E-state index contributed by atoms with van der Waals surface area (Å²) in [6, 6.07) is 0. The Labute approximate surface area is 66.7 Å². The van der Waals surface area contributed by atoms with Crippen molar-refractivity contribution in [3.05, 3.63) is 0 Å². The van der Waals surface area contributed by atoms with E-state index in [4.69, 9.17) is 9.47 Å². The van der Waals surface area contributed by atoms with E-state index in [2.05, 4.69) is 0 Å². The van der Waals surface area contributed by atoms with Crippen LogP contribution in [-0.4, -0.2) is 25.8 Å². The Kier molecular flexibility index (Phi) is 4.16. The van der Waals surface area contributed by atoms with Gasteiger partial charge in [-0.15, -0.1) is 0 Å². The SMILES string of the molecule is O=[13CH]CCOC1CCCCO1. The van der Waals surface area contributed by atoms with Crippen LogP contribution >= 0.6 is 0 Å². The first-order valence-electron chi connectivity index (χ1n) is 4.10. The normalized spacial score (nSPS) is 24.9. The topological polar surface area (TPSA) is 35.5 Å². The van der Waals surface area contributed by atoms with Crippen molar-refractivity contribution in [2.45, 2.75) is 32.0 Å². The maximum Gasteiger partial charge on any atom is 0.157 e. The molecular weight excluding hydrogens is 145 g/mol. The molecule has 0 bridgehead atoms. The quantitative estimate of drug-likeness (QED) is 0.350. The number of ether oxygens (including phenoxy) is 2. The zero-order valence-corrected chi connectivity index (χ0v) is 6.62. The molecule has 1 rings (SSSR count). The largest absolute Gasteiger partial charge is 0.353 e. The lowest BCUT2D eigenvalue weighted by atomic mass is 10.2. The van der Waals surface area contributed by atoms with Gasteiger partial charge in [-0.25, -0.2) is 0 Å². The maximum absolute atomic E-state index is 9.93. The van der Waals surface area contributed by atoms with Gasteiger partial charge in [-0.3, -0.25) is 0 Å². The second-order valence-corrected chi connectivity index (χ2v) is 2.62. The molecule has 0 saturated carbocycles. The van der Waals surface area contributed by atoms with Gasteiger partial charge in [-0.05, 0) is 19.3 Å². The lowest BCUT2D eigenvalue weighted by Gasteiger charge is -2.22. The predicted octanol–water partition coefficient (Wildman–Crippen LogP) is 1.12. The highest BCUT2D eigenvalue weighted by atomic mass is 16.7. The van der Waals surface area contributed by atoms with Crippen LogP contribution in [0.3, 0.4) is 0 Å². The van der Waals surface area contributed by atoms with E-state index in [-0.39, 0.29) is 6.29 Å². The highest BCUT2D eigenvalue weighted by Crippen LogP contribution is 2.13. The number of aldehydes is 1.